The molecule has 1 aliphatic rings. The molecule has 21 heavy (non-hydrogen) atoms. The van der Waals surface area contributed by atoms with Gasteiger partial charge in [-0.2, -0.15) is 13.2 Å². The highest BCUT2D eigenvalue weighted by Gasteiger charge is 2.35. The summed E-state index contributed by atoms with van der Waals surface area (Å²) in [6, 6.07) is 10.3. The van der Waals surface area contributed by atoms with Gasteiger partial charge in [-0.05, 0) is 25.5 Å². The Morgan fingerprint density at radius 3 is 2.29 bits per heavy atom. The number of likely N-dealkylation sites (N-methyl/N-ethyl adjacent to an activating group) is 1. The molecule has 0 amide bonds. The summed E-state index contributed by atoms with van der Waals surface area (Å²) in [4.78, 5) is 1.36. The van der Waals surface area contributed by atoms with Gasteiger partial charge >= 0.3 is 6.18 Å². The molecule has 1 unspecified atom stereocenters. The lowest BCUT2D eigenvalue weighted by Crippen LogP contribution is -2.47. The molecule has 1 aromatic carbocycles. The third-order valence-electron chi connectivity index (χ3n) is 3.90. The van der Waals surface area contributed by atoms with Gasteiger partial charge in [0.15, 0.2) is 0 Å². The molecule has 1 N–H and O–H groups in total. The van der Waals surface area contributed by atoms with Crippen LogP contribution in [-0.4, -0.2) is 43.8 Å². The SMILES string of the molecule is CN(CC(F)(F)F)CC(C)(CNC1CC1)c1ccccc1. The van der Waals surface area contributed by atoms with Crippen LogP contribution < -0.4 is 5.32 Å². The highest BCUT2D eigenvalue weighted by molar-refractivity contribution is 5.26. The Kier molecular flexibility index (Phi) is 4.94. The zero-order chi connectivity index (χ0) is 15.5. The molecule has 5 heteroatoms. The molecule has 1 aromatic rings. The number of hydrogen-bond acceptors (Lipinski definition) is 2. The summed E-state index contributed by atoms with van der Waals surface area (Å²) in [7, 11) is 1.53. The van der Waals surface area contributed by atoms with Gasteiger partial charge in [-0.3, -0.25) is 4.90 Å². The van der Waals surface area contributed by atoms with Gasteiger partial charge in [0, 0.05) is 24.5 Å². The second-order valence-electron chi connectivity index (χ2n) is 6.37. The molecular weight excluding hydrogens is 277 g/mol. The summed E-state index contributed by atoms with van der Waals surface area (Å²) in [5.41, 5.74) is 0.747. The van der Waals surface area contributed by atoms with Crippen molar-refractivity contribution in [2.45, 2.75) is 37.4 Å². The van der Waals surface area contributed by atoms with Crippen LogP contribution in [0.5, 0.6) is 0 Å². The summed E-state index contributed by atoms with van der Waals surface area (Å²) in [6.07, 6.45) is -1.82. The zero-order valence-electron chi connectivity index (χ0n) is 12.6. The van der Waals surface area contributed by atoms with E-state index in [0.29, 0.717) is 19.1 Å². The van der Waals surface area contributed by atoms with E-state index in [1.165, 1.54) is 24.8 Å². The van der Waals surface area contributed by atoms with E-state index in [0.717, 1.165) is 5.56 Å². The van der Waals surface area contributed by atoms with Crippen molar-refractivity contribution in [3.05, 3.63) is 35.9 Å². The molecule has 2 nitrogen and oxygen atoms in total. The number of benzene rings is 1. The first kappa shape index (κ1) is 16.3. The van der Waals surface area contributed by atoms with E-state index in [4.69, 9.17) is 0 Å². The lowest BCUT2D eigenvalue weighted by Gasteiger charge is -2.35. The number of hydrogen-bond donors (Lipinski definition) is 1. The number of nitrogens with zero attached hydrogens (tertiary/aromatic N) is 1. The summed E-state index contributed by atoms with van der Waals surface area (Å²) < 4.78 is 37.7. The monoisotopic (exact) mass is 300 g/mol. The van der Waals surface area contributed by atoms with Gasteiger partial charge in [0.05, 0.1) is 6.54 Å². The minimum atomic E-state index is -4.16. The molecular formula is C16H23F3N2. The van der Waals surface area contributed by atoms with Gasteiger partial charge in [0.1, 0.15) is 0 Å². The predicted molar refractivity (Wildman–Crippen MR) is 78.4 cm³/mol. The Bertz CT molecular complexity index is 443. The maximum Gasteiger partial charge on any atom is 0.401 e. The van der Waals surface area contributed by atoms with Crippen LogP contribution in [0, 0.1) is 0 Å². The van der Waals surface area contributed by atoms with Crippen LogP contribution in [0.4, 0.5) is 13.2 Å². The van der Waals surface area contributed by atoms with Gasteiger partial charge in [-0.15, -0.1) is 0 Å². The van der Waals surface area contributed by atoms with E-state index in [9.17, 15) is 13.2 Å². The quantitative estimate of drug-likeness (QED) is 0.832. The van der Waals surface area contributed by atoms with Crippen molar-refractivity contribution >= 4 is 0 Å². The molecule has 0 bridgehead atoms. The lowest BCUT2D eigenvalue weighted by molar-refractivity contribution is -0.144. The Morgan fingerprint density at radius 2 is 1.76 bits per heavy atom. The number of alkyl halides is 3. The molecule has 0 aliphatic heterocycles. The molecule has 0 aromatic heterocycles. The smallest absolute Gasteiger partial charge is 0.313 e. The number of nitrogens with one attached hydrogen (secondary N) is 1. The van der Waals surface area contributed by atoms with E-state index >= 15 is 0 Å². The molecule has 0 spiro atoms. The Balaban J connectivity index is 2.07. The molecule has 0 radical (unpaired) electrons. The highest BCUT2D eigenvalue weighted by atomic mass is 19.4. The molecule has 1 saturated carbocycles. The molecule has 1 fully saturated rings. The van der Waals surface area contributed by atoms with Gasteiger partial charge in [-0.1, -0.05) is 37.3 Å². The Labute approximate surface area is 124 Å². The van der Waals surface area contributed by atoms with Gasteiger partial charge in [0.2, 0.25) is 0 Å². The third kappa shape index (κ3) is 5.32. The van der Waals surface area contributed by atoms with Crippen LogP contribution in [0.15, 0.2) is 30.3 Å². The fourth-order valence-electron chi connectivity index (χ4n) is 2.70. The molecule has 118 valence electrons. The van der Waals surface area contributed by atoms with E-state index in [1.807, 2.05) is 37.3 Å². The molecule has 0 saturated heterocycles. The van der Waals surface area contributed by atoms with Crippen molar-refractivity contribution in [2.24, 2.45) is 0 Å². The standard InChI is InChI=1S/C16H23F3N2/c1-15(10-20-14-8-9-14,13-6-4-3-5-7-13)11-21(2)12-16(17,18)19/h3-7,14,20H,8-12H2,1-2H3. The van der Waals surface area contributed by atoms with Crippen LogP contribution in [-0.2, 0) is 5.41 Å². The number of rotatable bonds is 7. The predicted octanol–water partition coefficient (Wildman–Crippen LogP) is 3.19. The summed E-state index contributed by atoms with van der Waals surface area (Å²) in [5.74, 6) is 0. The maximum atomic E-state index is 12.6. The first-order chi connectivity index (χ1) is 9.78. The third-order valence-corrected chi connectivity index (χ3v) is 3.90. The second kappa shape index (κ2) is 6.36. The van der Waals surface area contributed by atoms with Crippen LogP contribution in [0.2, 0.25) is 0 Å². The van der Waals surface area contributed by atoms with Gasteiger partial charge < -0.3 is 5.32 Å². The minimum Gasteiger partial charge on any atom is -0.313 e. The Morgan fingerprint density at radius 1 is 1.14 bits per heavy atom. The van der Waals surface area contributed by atoms with Crippen molar-refractivity contribution in [3.8, 4) is 0 Å². The molecule has 2 rings (SSSR count). The van der Waals surface area contributed by atoms with Crippen LogP contribution >= 0.6 is 0 Å². The highest BCUT2D eigenvalue weighted by Crippen LogP contribution is 2.28. The van der Waals surface area contributed by atoms with Crippen molar-refractivity contribution in [2.75, 3.05) is 26.7 Å². The van der Waals surface area contributed by atoms with Gasteiger partial charge in [-0.25, -0.2) is 0 Å². The van der Waals surface area contributed by atoms with Crippen molar-refractivity contribution < 1.29 is 13.2 Å². The van der Waals surface area contributed by atoms with E-state index in [2.05, 4.69) is 5.32 Å². The summed E-state index contributed by atoms with van der Waals surface area (Å²) >= 11 is 0. The first-order valence-electron chi connectivity index (χ1n) is 7.33. The zero-order valence-corrected chi connectivity index (χ0v) is 12.6. The van der Waals surface area contributed by atoms with Crippen LogP contribution in [0.3, 0.4) is 0 Å². The first-order valence-corrected chi connectivity index (χ1v) is 7.33. The fraction of sp³-hybridized carbons (Fsp3) is 0.625. The minimum absolute atomic E-state index is 0.330. The van der Waals surface area contributed by atoms with Crippen molar-refractivity contribution in [3.63, 3.8) is 0 Å². The van der Waals surface area contributed by atoms with Crippen molar-refractivity contribution in [1.29, 1.82) is 0 Å². The maximum absolute atomic E-state index is 12.6. The lowest BCUT2D eigenvalue weighted by atomic mass is 9.81. The summed E-state index contributed by atoms with van der Waals surface area (Å²) in [5, 5.41) is 3.46. The second-order valence-corrected chi connectivity index (χ2v) is 6.37. The summed E-state index contributed by atoms with van der Waals surface area (Å²) in [6.45, 7) is 2.23. The normalized spacial score (nSPS) is 18.8. The molecule has 1 atom stereocenters. The average Bonchev–Trinajstić information content (AvgIpc) is 3.19. The Hall–Kier alpha value is -1.07. The van der Waals surface area contributed by atoms with Crippen molar-refractivity contribution in [1.82, 2.24) is 10.2 Å². The van der Waals surface area contributed by atoms with Crippen LogP contribution in [0.1, 0.15) is 25.3 Å². The van der Waals surface area contributed by atoms with E-state index in [-0.39, 0.29) is 5.41 Å². The largest absolute Gasteiger partial charge is 0.401 e. The topological polar surface area (TPSA) is 15.3 Å². The van der Waals surface area contributed by atoms with E-state index in [1.54, 1.807) is 0 Å². The molecule has 0 heterocycles. The molecule has 1 aliphatic carbocycles. The van der Waals surface area contributed by atoms with Gasteiger partial charge in [0.25, 0.3) is 0 Å². The number of halogens is 3. The van der Waals surface area contributed by atoms with Crippen LogP contribution in [0.25, 0.3) is 0 Å². The average molecular weight is 300 g/mol. The fourth-order valence-corrected chi connectivity index (χ4v) is 2.70. The van der Waals surface area contributed by atoms with E-state index < -0.39 is 12.7 Å².